The largest absolute Gasteiger partial charge is 0.378 e. The molecule has 0 aromatic carbocycles. The molecule has 3 nitrogen and oxygen atoms in total. The van der Waals surface area contributed by atoms with Crippen molar-refractivity contribution in [3.05, 3.63) is 33.2 Å². The first kappa shape index (κ1) is 11.5. The normalized spacial score (nSPS) is 10.7. The Kier molecular flexibility index (Phi) is 3.53. The van der Waals surface area contributed by atoms with E-state index in [9.17, 15) is 0 Å². The summed E-state index contributed by atoms with van der Waals surface area (Å²) in [6.45, 7) is 2.48. The predicted octanol–water partition coefficient (Wildman–Crippen LogP) is 3.31. The average molecular weight is 255 g/mol. The number of aromatic nitrogens is 2. The summed E-state index contributed by atoms with van der Waals surface area (Å²) in [7, 11) is 1.63. The number of nitrogens with zero attached hydrogens (tertiary/aromatic N) is 2. The van der Waals surface area contributed by atoms with E-state index in [0.29, 0.717) is 17.6 Å². The van der Waals surface area contributed by atoms with E-state index in [1.807, 2.05) is 12.3 Å². The Morgan fingerprint density at radius 3 is 2.81 bits per heavy atom. The van der Waals surface area contributed by atoms with Gasteiger partial charge in [0.05, 0.1) is 12.3 Å². The number of halogens is 1. The zero-order chi connectivity index (χ0) is 11.5. The molecular formula is C11H11ClN2OS. The van der Waals surface area contributed by atoms with Crippen molar-refractivity contribution in [2.45, 2.75) is 13.5 Å². The summed E-state index contributed by atoms with van der Waals surface area (Å²) >= 11 is 7.58. The summed E-state index contributed by atoms with van der Waals surface area (Å²) in [6, 6.07) is 1.72. The van der Waals surface area contributed by atoms with Gasteiger partial charge in [0.1, 0.15) is 5.15 Å². The van der Waals surface area contributed by atoms with Crippen LogP contribution in [0.4, 0.5) is 0 Å². The van der Waals surface area contributed by atoms with E-state index in [0.717, 1.165) is 16.8 Å². The lowest BCUT2D eigenvalue weighted by molar-refractivity contribution is 0.181. The first-order valence-corrected chi connectivity index (χ1v) is 6.08. The highest BCUT2D eigenvalue weighted by Gasteiger charge is 2.08. The summed E-state index contributed by atoms with van der Waals surface area (Å²) in [5, 5.41) is 4.54. The summed E-state index contributed by atoms with van der Waals surface area (Å²) < 4.78 is 5.04. The van der Waals surface area contributed by atoms with Crippen molar-refractivity contribution in [1.82, 2.24) is 9.97 Å². The van der Waals surface area contributed by atoms with Crippen LogP contribution in [0, 0.1) is 6.92 Å². The third-order valence-electron chi connectivity index (χ3n) is 2.14. The predicted molar refractivity (Wildman–Crippen MR) is 65.8 cm³/mol. The Hall–Kier alpha value is -0.970. The molecule has 0 aliphatic heterocycles. The van der Waals surface area contributed by atoms with E-state index in [2.05, 4.69) is 15.3 Å². The quantitative estimate of drug-likeness (QED) is 0.789. The molecule has 5 heteroatoms. The maximum absolute atomic E-state index is 5.95. The molecule has 0 aliphatic rings. The van der Waals surface area contributed by atoms with E-state index < -0.39 is 0 Å². The van der Waals surface area contributed by atoms with Crippen LogP contribution in [0.1, 0.15) is 11.3 Å². The Labute approximate surface area is 103 Å². The maximum Gasteiger partial charge on any atom is 0.162 e. The molecule has 0 bridgehead atoms. The first-order valence-electron chi connectivity index (χ1n) is 4.76. The van der Waals surface area contributed by atoms with Crippen LogP contribution in [-0.2, 0) is 11.3 Å². The molecule has 2 aromatic rings. The van der Waals surface area contributed by atoms with E-state index in [1.165, 1.54) is 0 Å². The summed E-state index contributed by atoms with van der Waals surface area (Å²) in [5.74, 6) is 0.665. The minimum Gasteiger partial charge on any atom is -0.378 e. The fourth-order valence-corrected chi connectivity index (χ4v) is 2.43. The van der Waals surface area contributed by atoms with Crippen LogP contribution in [0.5, 0.6) is 0 Å². The van der Waals surface area contributed by atoms with Crippen molar-refractivity contribution < 1.29 is 4.74 Å². The molecule has 0 radical (unpaired) electrons. The maximum atomic E-state index is 5.95. The second-order valence-electron chi connectivity index (χ2n) is 3.41. The molecule has 0 fully saturated rings. The number of hydrogen-bond acceptors (Lipinski definition) is 4. The number of methoxy groups -OCH3 is 1. The van der Waals surface area contributed by atoms with E-state index in [1.54, 1.807) is 24.5 Å². The van der Waals surface area contributed by atoms with Crippen LogP contribution in [0.2, 0.25) is 5.15 Å². The Balaban J connectivity index is 2.45. The van der Waals surface area contributed by atoms with E-state index in [-0.39, 0.29) is 0 Å². The number of aryl methyl sites for hydroxylation is 1. The minimum atomic E-state index is 0.443. The van der Waals surface area contributed by atoms with E-state index in [4.69, 9.17) is 16.3 Å². The molecule has 0 amide bonds. The molecule has 2 heterocycles. The fraction of sp³-hybridized carbons (Fsp3) is 0.273. The van der Waals surface area contributed by atoms with Gasteiger partial charge in [0.15, 0.2) is 5.82 Å². The molecule has 0 aliphatic carbocycles. The first-order chi connectivity index (χ1) is 7.70. The fourth-order valence-electron chi connectivity index (χ4n) is 1.40. The van der Waals surface area contributed by atoms with Gasteiger partial charge in [-0.05, 0) is 23.9 Å². The second-order valence-corrected chi connectivity index (χ2v) is 4.54. The van der Waals surface area contributed by atoms with Crippen molar-refractivity contribution in [3.8, 4) is 11.4 Å². The van der Waals surface area contributed by atoms with Gasteiger partial charge in [-0.3, -0.25) is 0 Å². The van der Waals surface area contributed by atoms with E-state index >= 15 is 0 Å². The SMILES string of the molecule is COCc1cc(Cl)nc(-c2cscc2C)n1. The lowest BCUT2D eigenvalue weighted by atomic mass is 10.2. The highest BCUT2D eigenvalue weighted by Crippen LogP contribution is 2.25. The third-order valence-corrected chi connectivity index (χ3v) is 3.19. The second kappa shape index (κ2) is 4.91. The standard InChI is InChI=1S/C11H11ClN2OS/c1-7-5-16-6-9(7)11-13-8(4-15-2)3-10(12)14-11/h3,5-6H,4H2,1-2H3. The molecule has 0 atom stereocenters. The van der Waals surface area contributed by atoms with Crippen LogP contribution < -0.4 is 0 Å². The van der Waals surface area contributed by atoms with Crippen molar-refractivity contribution in [1.29, 1.82) is 0 Å². The Morgan fingerprint density at radius 2 is 2.19 bits per heavy atom. The van der Waals surface area contributed by atoms with Crippen LogP contribution >= 0.6 is 22.9 Å². The molecule has 0 N–H and O–H groups in total. The monoisotopic (exact) mass is 254 g/mol. The average Bonchev–Trinajstić information content (AvgIpc) is 2.64. The van der Waals surface area contributed by atoms with Crippen LogP contribution in [0.25, 0.3) is 11.4 Å². The molecule has 0 saturated heterocycles. The van der Waals surface area contributed by atoms with Crippen molar-refractivity contribution in [2.24, 2.45) is 0 Å². The zero-order valence-electron chi connectivity index (χ0n) is 9.03. The Morgan fingerprint density at radius 1 is 1.38 bits per heavy atom. The lowest BCUT2D eigenvalue weighted by Gasteiger charge is -2.04. The zero-order valence-corrected chi connectivity index (χ0v) is 10.6. The van der Waals surface area contributed by atoms with Crippen molar-refractivity contribution in [3.63, 3.8) is 0 Å². The van der Waals surface area contributed by atoms with Gasteiger partial charge >= 0.3 is 0 Å². The van der Waals surface area contributed by atoms with Crippen LogP contribution in [0.15, 0.2) is 16.8 Å². The molecule has 0 saturated carbocycles. The number of thiophene rings is 1. The van der Waals surface area contributed by atoms with Gasteiger partial charge in [-0.2, -0.15) is 11.3 Å². The lowest BCUT2D eigenvalue weighted by Crippen LogP contribution is -1.97. The third kappa shape index (κ3) is 2.40. The molecule has 84 valence electrons. The summed E-state index contributed by atoms with van der Waals surface area (Å²) in [5.41, 5.74) is 2.99. The van der Waals surface area contributed by atoms with Gasteiger partial charge in [-0.25, -0.2) is 9.97 Å². The summed E-state index contributed by atoms with van der Waals surface area (Å²) in [6.07, 6.45) is 0. The topological polar surface area (TPSA) is 35.0 Å². The van der Waals surface area contributed by atoms with Crippen molar-refractivity contribution in [2.75, 3.05) is 7.11 Å². The summed E-state index contributed by atoms with van der Waals surface area (Å²) in [4.78, 5) is 8.64. The number of rotatable bonds is 3. The number of ether oxygens (including phenoxy) is 1. The molecule has 0 spiro atoms. The van der Waals surface area contributed by atoms with Gasteiger partial charge in [-0.15, -0.1) is 0 Å². The molecule has 2 aromatic heterocycles. The van der Waals surface area contributed by atoms with Gasteiger partial charge in [0.25, 0.3) is 0 Å². The molecular weight excluding hydrogens is 244 g/mol. The number of hydrogen-bond donors (Lipinski definition) is 0. The van der Waals surface area contributed by atoms with Gasteiger partial charge in [0.2, 0.25) is 0 Å². The molecule has 16 heavy (non-hydrogen) atoms. The molecule has 2 rings (SSSR count). The minimum absolute atomic E-state index is 0.443. The van der Waals surface area contributed by atoms with Crippen LogP contribution in [0.3, 0.4) is 0 Å². The van der Waals surface area contributed by atoms with Gasteiger partial charge in [0, 0.05) is 18.1 Å². The highest BCUT2D eigenvalue weighted by atomic mass is 35.5. The Bertz CT molecular complexity index is 498. The smallest absolute Gasteiger partial charge is 0.162 e. The van der Waals surface area contributed by atoms with Crippen molar-refractivity contribution >= 4 is 22.9 Å². The van der Waals surface area contributed by atoms with Gasteiger partial charge in [-0.1, -0.05) is 11.6 Å². The van der Waals surface area contributed by atoms with Gasteiger partial charge < -0.3 is 4.74 Å². The molecule has 0 unspecified atom stereocenters. The van der Waals surface area contributed by atoms with Crippen LogP contribution in [-0.4, -0.2) is 17.1 Å². The highest BCUT2D eigenvalue weighted by molar-refractivity contribution is 7.08.